The van der Waals surface area contributed by atoms with E-state index in [0.29, 0.717) is 18.6 Å². The summed E-state index contributed by atoms with van der Waals surface area (Å²) in [6, 6.07) is 9.60. The Morgan fingerprint density at radius 1 is 1.07 bits per heavy atom. The average molecular weight is 825 g/mol. The molecule has 0 spiro atoms. The van der Waals surface area contributed by atoms with Crippen molar-refractivity contribution >= 4 is 29.4 Å². The number of carbonyl (C=O) groups is 3. The van der Waals surface area contributed by atoms with E-state index in [1.807, 2.05) is 83.3 Å². The molecule has 2 N–H and O–H groups in total. The molecule has 3 fully saturated rings. The molecule has 330 valence electrons. The van der Waals surface area contributed by atoms with Gasteiger partial charge in [-0.05, 0) is 98.3 Å². The maximum absolute atomic E-state index is 14.6. The van der Waals surface area contributed by atoms with Crippen molar-refractivity contribution in [1.82, 2.24) is 4.90 Å². The van der Waals surface area contributed by atoms with Gasteiger partial charge in [0.05, 0.1) is 37.1 Å². The van der Waals surface area contributed by atoms with Gasteiger partial charge in [0.15, 0.2) is 12.1 Å². The smallest absolute Gasteiger partial charge is 0.316 e. The van der Waals surface area contributed by atoms with Gasteiger partial charge in [0.25, 0.3) is 0 Å². The predicted molar refractivity (Wildman–Crippen MR) is 229 cm³/mol. The van der Waals surface area contributed by atoms with E-state index in [2.05, 4.69) is 30.7 Å². The van der Waals surface area contributed by atoms with Crippen molar-refractivity contribution in [2.75, 3.05) is 20.3 Å². The Labute approximate surface area is 352 Å². The van der Waals surface area contributed by atoms with Gasteiger partial charge in [-0.25, -0.2) is 4.99 Å². The standard InChI is InChI=1S/C47H72N2O10/c1-14-37-47(12,54)42-30(4)38(48-33(7)50)28(2)26-46(11,56-27-35(23-24-55-42)22-18-21-34-19-16-15-17-20-34)41(31(5)39(51)32(6)43(53)58-37)59-44-40(52)36(25-29(3)57-44)49(13)45(8,9)10/h15-22,28-32,36-37,40-42,44,52,54H,14,23-27H2,1-13H3/b21-18+,35-22+,48-38+/t28-,29-,30+,31+,32-,36+,37-,40-,41-,42-,44+,46-,47-/m1/s1. The first-order valence-corrected chi connectivity index (χ1v) is 21.5. The van der Waals surface area contributed by atoms with Crippen LogP contribution in [0.5, 0.6) is 0 Å². The van der Waals surface area contributed by atoms with E-state index in [1.165, 1.54) is 13.8 Å². The van der Waals surface area contributed by atoms with E-state index >= 15 is 0 Å². The fourth-order valence-corrected chi connectivity index (χ4v) is 9.08. The van der Waals surface area contributed by atoms with Gasteiger partial charge in [-0.1, -0.05) is 76.3 Å². The van der Waals surface area contributed by atoms with Gasteiger partial charge in [-0.3, -0.25) is 19.3 Å². The number of ketones is 1. The second kappa shape index (κ2) is 20.2. The number of esters is 1. The minimum Gasteiger partial charge on any atom is -0.459 e. The molecule has 13 atom stereocenters. The number of hydrogen-bond acceptors (Lipinski definition) is 11. The minimum atomic E-state index is -1.76. The molecule has 59 heavy (non-hydrogen) atoms. The number of aliphatic imine (C=N–C) groups is 1. The van der Waals surface area contributed by atoms with Crippen LogP contribution in [0.25, 0.3) is 6.08 Å². The number of aliphatic hydroxyl groups excluding tert-OH is 1. The van der Waals surface area contributed by atoms with E-state index in [4.69, 9.17) is 23.7 Å². The predicted octanol–water partition coefficient (Wildman–Crippen LogP) is 6.75. The highest BCUT2D eigenvalue weighted by molar-refractivity contribution is 6.00. The molecule has 0 unspecified atom stereocenters. The van der Waals surface area contributed by atoms with Crippen LogP contribution < -0.4 is 0 Å². The molecule has 12 heteroatoms. The van der Waals surface area contributed by atoms with Crippen LogP contribution in [-0.4, -0.2) is 118 Å². The molecule has 0 aromatic heterocycles. The summed E-state index contributed by atoms with van der Waals surface area (Å²) in [7, 11) is 1.97. The summed E-state index contributed by atoms with van der Waals surface area (Å²) in [5.41, 5.74) is -0.964. The zero-order valence-electron chi connectivity index (χ0n) is 37.8. The number of aliphatic hydroxyl groups is 2. The third-order valence-corrected chi connectivity index (χ3v) is 12.7. The van der Waals surface area contributed by atoms with Crippen molar-refractivity contribution < 1.29 is 48.3 Å². The first kappa shape index (κ1) is 48.6. The highest BCUT2D eigenvalue weighted by Crippen LogP contribution is 2.41. The van der Waals surface area contributed by atoms with Crippen LogP contribution in [0.4, 0.5) is 0 Å². The third kappa shape index (κ3) is 11.8. The first-order chi connectivity index (χ1) is 27.5. The molecule has 0 saturated carbocycles. The fourth-order valence-electron chi connectivity index (χ4n) is 9.08. The quantitative estimate of drug-likeness (QED) is 0.232. The topological polar surface area (TPSA) is 153 Å². The summed E-state index contributed by atoms with van der Waals surface area (Å²) in [5.74, 6) is -5.00. The van der Waals surface area contributed by atoms with Crippen molar-refractivity contribution in [2.45, 2.75) is 168 Å². The zero-order valence-corrected chi connectivity index (χ0v) is 37.8. The van der Waals surface area contributed by atoms with Gasteiger partial charge in [0.2, 0.25) is 5.91 Å². The van der Waals surface area contributed by atoms with Gasteiger partial charge in [0, 0.05) is 36.1 Å². The van der Waals surface area contributed by atoms with Crippen molar-refractivity contribution in [1.29, 1.82) is 0 Å². The van der Waals surface area contributed by atoms with Crippen LogP contribution in [0.2, 0.25) is 0 Å². The monoisotopic (exact) mass is 825 g/mol. The number of hydrogen-bond donors (Lipinski definition) is 2. The number of amides is 1. The molecule has 0 aliphatic carbocycles. The molecular weight excluding hydrogens is 753 g/mol. The van der Waals surface area contributed by atoms with E-state index in [9.17, 15) is 24.6 Å². The number of fused-ring (bicyclic) bond motifs is 5. The lowest BCUT2D eigenvalue weighted by molar-refractivity contribution is -0.299. The summed E-state index contributed by atoms with van der Waals surface area (Å²) in [6.45, 7) is 22.1. The minimum absolute atomic E-state index is 0.108. The Morgan fingerprint density at radius 3 is 2.34 bits per heavy atom. The first-order valence-electron chi connectivity index (χ1n) is 21.5. The molecule has 2 bridgehead atoms. The van der Waals surface area contributed by atoms with Gasteiger partial charge < -0.3 is 33.9 Å². The van der Waals surface area contributed by atoms with Crippen LogP contribution in [0, 0.1) is 23.7 Å². The lowest BCUT2D eigenvalue weighted by Gasteiger charge is -2.50. The number of ether oxygens (including phenoxy) is 5. The number of nitrogens with zero attached hydrogens (tertiary/aromatic N) is 2. The maximum Gasteiger partial charge on any atom is 0.316 e. The Bertz CT molecular complexity index is 1680. The van der Waals surface area contributed by atoms with Crippen molar-refractivity contribution in [3.05, 3.63) is 53.6 Å². The molecule has 3 saturated heterocycles. The van der Waals surface area contributed by atoms with Crippen LogP contribution in [0.1, 0.15) is 114 Å². The molecule has 3 aliphatic rings. The Hall–Kier alpha value is -3.10. The maximum atomic E-state index is 14.6. The number of cyclic esters (lactones) is 1. The molecule has 4 rings (SSSR count). The molecule has 3 aliphatic heterocycles. The number of Topliss-reactive ketones (excluding diaryl/α,β-unsaturated/α-hetero) is 1. The normalized spacial score (nSPS) is 38.7. The Kier molecular flexibility index (Phi) is 16.6. The number of carbonyl (C=O) groups excluding carboxylic acids is 3. The molecule has 1 aromatic rings. The summed E-state index contributed by atoms with van der Waals surface area (Å²) in [5, 5.41) is 24.4. The molecular formula is C47H72N2O10. The molecule has 3 heterocycles. The highest BCUT2D eigenvalue weighted by atomic mass is 16.7. The van der Waals surface area contributed by atoms with Crippen molar-refractivity contribution in [3.63, 3.8) is 0 Å². The fraction of sp³-hybridized carbons (Fsp3) is 0.702. The van der Waals surface area contributed by atoms with Gasteiger partial charge in [0.1, 0.15) is 23.7 Å². The third-order valence-electron chi connectivity index (χ3n) is 12.7. The highest BCUT2D eigenvalue weighted by Gasteiger charge is 2.53. The second-order valence-corrected chi connectivity index (χ2v) is 18.6. The van der Waals surface area contributed by atoms with Crippen LogP contribution in [-0.2, 0) is 38.1 Å². The van der Waals surface area contributed by atoms with E-state index < -0.39 is 83.2 Å². The molecule has 0 radical (unpaired) electrons. The van der Waals surface area contributed by atoms with Crippen LogP contribution in [0.3, 0.4) is 0 Å². The van der Waals surface area contributed by atoms with Gasteiger partial charge in [-0.2, -0.15) is 0 Å². The van der Waals surface area contributed by atoms with E-state index in [0.717, 1.165) is 11.1 Å². The van der Waals surface area contributed by atoms with Crippen LogP contribution in [0.15, 0.2) is 53.0 Å². The summed E-state index contributed by atoms with van der Waals surface area (Å²) in [6.07, 6.45) is 1.67. The number of allylic oxidation sites excluding steroid dienone is 2. The lowest BCUT2D eigenvalue weighted by Crippen LogP contribution is -2.62. The molecule has 12 nitrogen and oxygen atoms in total. The number of rotatable bonds is 6. The Morgan fingerprint density at radius 2 is 1.73 bits per heavy atom. The molecule has 1 amide bonds. The number of likely N-dealkylation sites (N-methyl/N-ethyl adjacent to an activating group) is 1. The van der Waals surface area contributed by atoms with E-state index in [-0.39, 0.29) is 43.7 Å². The average Bonchev–Trinajstić information content (AvgIpc) is 3.17. The SMILES string of the molecule is CC[C@H]1OC(=O)[C@H](C)C(=O)[C@H](C)[C@@H](O[C@@H]2O[C@H](C)C[C@H](N(C)C(C)(C)C)[C@H]2O)[C@@]2(C)C[C@@H](C)/C(=N\C(C)=O)[C@H](C)[C@@H](OCC/C(=C\C=C\c3ccccc3)CO2)[C@]1(C)O. The van der Waals surface area contributed by atoms with Crippen molar-refractivity contribution in [3.8, 4) is 0 Å². The largest absolute Gasteiger partial charge is 0.459 e. The van der Waals surface area contributed by atoms with Gasteiger partial charge in [-0.15, -0.1) is 0 Å². The van der Waals surface area contributed by atoms with E-state index in [1.54, 1.807) is 20.8 Å². The summed E-state index contributed by atoms with van der Waals surface area (Å²) >= 11 is 0. The second-order valence-electron chi connectivity index (χ2n) is 18.6. The zero-order chi connectivity index (χ0) is 44.0. The van der Waals surface area contributed by atoms with Crippen LogP contribution >= 0.6 is 0 Å². The molecule has 1 aromatic carbocycles. The summed E-state index contributed by atoms with van der Waals surface area (Å²) in [4.78, 5) is 48.1. The Balaban J connectivity index is 1.96. The summed E-state index contributed by atoms with van der Waals surface area (Å²) < 4.78 is 33.0. The van der Waals surface area contributed by atoms with Crippen molar-refractivity contribution in [2.24, 2.45) is 28.7 Å². The van der Waals surface area contributed by atoms with Gasteiger partial charge >= 0.3 is 5.97 Å². The number of benzene rings is 1. The lowest BCUT2D eigenvalue weighted by atomic mass is 9.73.